The van der Waals surface area contributed by atoms with Crippen LogP contribution in [0.25, 0.3) is 0 Å². The van der Waals surface area contributed by atoms with Gasteiger partial charge in [0.1, 0.15) is 5.69 Å². The Labute approximate surface area is 133 Å². The number of carbonyl (C=O) groups excluding carboxylic acids is 2. The molecule has 6 heteroatoms. The standard InChI is InChI=1S/C15H21BrN2O3/c1-10(21-15(20)13-8-11(16)9-17-13)14(19)18-12-6-4-2-3-5-7-12/h8-10,12,17H,2-7H2,1H3,(H,18,19). The van der Waals surface area contributed by atoms with Gasteiger partial charge in [0.05, 0.1) is 0 Å². The van der Waals surface area contributed by atoms with E-state index in [0.717, 1.165) is 30.2 Å². The van der Waals surface area contributed by atoms with Gasteiger partial charge in [-0.25, -0.2) is 4.79 Å². The fraction of sp³-hybridized carbons (Fsp3) is 0.600. The fourth-order valence-electron chi connectivity index (χ4n) is 2.51. The summed E-state index contributed by atoms with van der Waals surface area (Å²) in [5.74, 6) is -0.745. The Hall–Kier alpha value is -1.30. The zero-order valence-corrected chi connectivity index (χ0v) is 13.7. The molecule has 1 aliphatic carbocycles. The predicted molar refractivity (Wildman–Crippen MR) is 83.0 cm³/mol. The molecule has 1 aromatic rings. The summed E-state index contributed by atoms with van der Waals surface area (Å²) in [7, 11) is 0. The number of aromatic nitrogens is 1. The van der Waals surface area contributed by atoms with Crippen molar-refractivity contribution < 1.29 is 14.3 Å². The summed E-state index contributed by atoms with van der Waals surface area (Å²) in [5.41, 5.74) is 0.330. The number of carbonyl (C=O) groups is 2. The second-order valence-electron chi connectivity index (χ2n) is 5.48. The van der Waals surface area contributed by atoms with E-state index < -0.39 is 12.1 Å². The minimum absolute atomic E-state index is 0.209. The van der Waals surface area contributed by atoms with E-state index in [1.807, 2.05) is 0 Å². The normalized spacial score (nSPS) is 17.8. The summed E-state index contributed by atoms with van der Waals surface area (Å²) in [6.45, 7) is 1.60. The van der Waals surface area contributed by atoms with E-state index in [2.05, 4.69) is 26.2 Å². The summed E-state index contributed by atoms with van der Waals surface area (Å²) >= 11 is 3.25. The molecule has 1 aliphatic rings. The van der Waals surface area contributed by atoms with Crippen molar-refractivity contribution in [3.05, 3.63) is 22.4 Å². The Morgan fingerprint density at radius 2 is 2.00 bits per heavy atom. The van der Waals surface area contributed by atoms with Crippen LogP contribution in [0.2, 0.25) is 0 Å². The molecule has 1 fully saturated rings. The Balaban J connectivity index is 1.82. The Kier molecular flexibility index (Phi) is 5.85. The average molecular weight is 357 g/mol. The second kappa shape index (κ2) is 7.64. The average Bonchev–Trinajstić information content (AvgIpc) is 2.72. The number of aromatic amines is 1. The third-order valence-electron chi connectivity index (χ3n) is 3.72. The molecule has 0 aliphatic heterocycles. The lowest BCUT2D eigenvalue weighted by Gasteiger charge is -2.19. The van der Waals surface area contributed by atoms with Crippen LogP contribution in [0, 0.1) is 0 Å². The number of hydrogen-bond acceptors (Lipinski definition) is 3. The molecule has 1 heterocycles. The molecular formula is C15H21BrN2O3. The van der Waals surface area contributed by atoms with Gasteiger partial charge in [-0.2, -0.15) is 0 Å². The van der Waals surface area contributed by atoms with Crippen LogP contribution in [0.1, 0.15) is 55.9 Å². The number of amides is 1. The molecule has 1 saturated carbocycles. The summed E-state index contributed by atoms with van der Waals surface area (Å²) in [5, 5.41) is 2.99. The van der Waals surface area contributed by atoms with E-state index in [-0.39, 0.29) is 11.9 Å². The Morgan fingerprint density at radius 3 is 2.57 bits per heavy atom. The van der Waals surface area contributed by atoms with Crippen LogP contribution in [0.3, 0.4) is 0 Å². The van der Waals surface area contributed by atoms with Gasteiger partial charge in [0.15, 0.2) is 6.10 Å². The lowest BCUT2D eigenvalue weighted by atomic mass is 10.1. The van der Waals surface area contributed by atoms with Crippen molar-refractivity contribution in [3.63, 3.8) is 0 Å². The van der Waals surface area contributed by atoms with Gasteiger partial charge >= 0.3 is 5.97 Å². The highest BCUT2D eigenvalue weighted by Crippen LogP contribution is 2.17. The molecule has 0 aromatic carbocycles. The number of halogens is 1. The zero-order valence-electron chi connectivity index (χ0n) is 12.2. The van der Waals surface area contributed by atoms with Gasteiger partial charge in [0, 0.05) is 16.7 Å². The summed E-state index contributed by atoms with van der Waals surface area (Å²) in [4.78, 5) is 26.7. The Bertz CT molecular complexity index is 493. The first-order valence-corrected chi connectivity index (χ1v) is 8.21. The van der Waals surface area contributed by atoms with E-state index in [0.29, 0.717) is 5.69 Å². The lowest BCUT2D eigenvalue weighted by molar-refractivity contribution is -0.129. The number of ether oxygens (including phenoxy) is 1. The molecule has 5 nitrogen and oxygen atoms in total. The molecule has 2 N–H and O–H groups in total. The first kappa shape index (κ1) is 16.1. The molecule has 116 valence electrons. The molecule has 0 radical (unpaired) electrons. The van der Waals surface area contributed by atoms with E-state index in [1.54, 1.807) is 19.2 Å². The smallest absolute Gasteiger partial charge is 0.355 e. The second-order valence-corrected chi connectivity index (χ2v) is 6.39. The van der Waals surface area contributed by atoms with Crippen LogP contribution in [0.15, 0.2) is 16.7 Å². The molecule has 0 spiro atoms. The maximum Gasteiger partial charge on any atom is 0.355 e. The van der Waals surface area contributed by atoms with Crippen molar-refractivity contribution in [1.82, 2.24) is 10.3 Å². The van der Waals surface area contributed by atoms with Gasteiger partial charge in [-0.1, -0.05) is 25.7 Å². The van der Waals surface area contributed by atoms with Crippen molar-refractivity contribution in [2.75, 3.05) is 0 Å². The lowest BCUT2D eigenvalue weighted by Crippen LogP contribution is -2.41. The minimum atomic E-state index is -0.789. The van der Waals surface area contributed by atoms with E-state index in [4.69, 9.17) is 4.74 Å². The SMILES string of the molecule is CC(OC(=O)c1cc(Br)c[nH]1)C(=O)NC1CCCCCC1. The van der Waals surface area contributed by atoms with Crippen LogP contribution in [-0.2, 0) is 9.53 Å². The van der Waals surface area contributed by atoms with Crippen LogP contribution in [0.4, 0.5) is 0 Å². The van der Waals surface area contributed by atoms with Crippen molar-refractivity contribution in [3.8, 4) is 0 Å². The molecule has 1 atom stereocenters. The molecule has 21 heavy (non-hydrogen) atoms. The van der Waals surface area contributed by atoms with Crippen molar-refractivity contribution in [2.45, 2.75) is 57.6 Å². The maximum atomic E-state index is 12.1. The van der Waals surface area contributed by atoms with Crippen LogP contribution >= 0.6 is 15.9 Å². The third-order valence-corrected chi connectivity index (χ3v) is 4.18. The van der Waals surface area contributed by atoms with Gasteiger partial charge in [-0.3, -0.25) is 4.79 Å². The molecule has 0 bridgehead atoms. The Morgan fingerprint density at radius 1 is 1.33 bits per heavy atom. The minimum Gasteiger partial charge on any atom is -0.448 e. The largest absolute Gasteiger partial charge is 0.448 e. The van der Waals surface area contributed by atoms with E-state index in [9.17, 15) is 9.59 Å². The molecule has 1 aromatic heterocycles. The summed E-state index contributed by atoms with van der Waals surface area (Å²) in [6.07, 6.45) is 7.64. The molecular weight excluding hydrogens is 336 g/mol. The number of rotatable bonds is 4. The van der Waals surface area contributed by atoms with E-state index in [1.165, 1.54) is 12.8 Å². The monoisotopic (exact) mass is 356 g/mol. The van der Waals surface area contributed by atoms with Crippen LogP contribution < -0.4 is 5.32 Å². The quantitative estimate of drug-likeness (QED) is 0.642. The number of hydrogen-bond donors (Lipinski definition) is 2. The fourth-order valence-corrected chi connectivity index (χ4v) is 2.85. The van der Waals surface area contributed by atoms with Gasteiger partial charge in [-0.15, -0.1) is 0 Å². The zero-order chi connectivity index (χ0) is 15.2. The number of nitrogens with one attached hydrogen (secondary N) is 2. The number of esters is 1. The predicted octanol–water partition coefficient (Wildman–Crippen LogP) is 3.16. The molecule has 1 amide bonds. The van der Waals surface area contributed by atoms with Crippen LogP contribution in [0.5, 0.6) is 0 Å². The van der Waals surface area contributed by atoms with Crippen molar-refractivity contribution in [2.24, 2.45) is 0 Å². The maximum absolute atomic E-state index is 12.1. The number of H-pyrrole nitrogens is 1. The van der Waals surface area contributed by atoms with Crippen LogP contribution in [-0.4, -0.2) is 29.0 Å². The summed E-state index contributed by atoms with van der Waals surface area (Å²) < 4.78 is 5.95. The van der Waals surface area contributed by atoms with Gasteiger partial charge < -0.3 is 15.0 Å². The topological polar surface area (TPSA) is 71.2 Å². The van der Waals surface area contributed by atoms with Gasteiger partial charge in [0.2, 0.25) is 0 Å². The molecule has 2 rings (SSSR count). The molecule has 1 unspecified atom stereocenters. The molecule has 0 saturated heterocycles. The van der Waals surface area contributed by atoms with Crippen molar-refractivity contribution in [1.29, 1.82) is 0 Å². The highest BCUT2D eigenvalue weighted by molar-refractivity contribution is 9.10. The van der Waals surface area contributed by atoms with Gasteiger partial charge in [0.25, 0.3) is 5.91 Å². The summed E-state index contributed by atoms with van der Waals surface area (Å²) in [6, 6.07) is 1.83. The van der Waals surface area contributed by atoms with E-state index >= 15 is 0 Å². The third kappa shape index (κ3) is 4.88. The van der Waals surface area contributed by atoms with Crippen molar-refractivity contribution >= 4 is 27.8 Å². The van der Waals surface area contributed by atoms with Gasteiger partial charge in [-0.05, 0) is 41.8 Å². The first-order valence-electron chi connectivity index (χ1n) is 7.41. The highest BCUT2D eigenvalue weighted by atomic mass is 79.9. The highest BCUT2D eigenvalue weighted by Gasteiger charge is 2.22. The first-order chi connectivity index (χ1) is 10.1.